The summed E-state index contributed by atoms with van der Waals surface area (Å²) in [5.74, 6) is -0.0230. The molecular weight excluding hydrogens is 266 g/mol. The summed E-state index contributed by atoms with van der Waals surface area (Å²) < 4.78 is 0. The number of amides is 2. The van der Waals surface area contributed by atoms with Crippen molar-refractivity contribution >= 4 is 17.5 Å². The molecular formula is C16H21N3O2. The minimum absolute atomic E-state index is 0.0501. The normalized spacial score (nSPS) is 22.7. The fraction of sp³-hybridized carbons (Fsp3) is 0.500. The van der Waals surface area contributed by atoms with Crippen LogP contribution in [-0.2, 0) is 9.59 Å². The molecule has 0 aromatic heterocycles. The fourth-order valence-corrected chi connectivity index (χ4v) is 3.06. The summed E-state index contributed by atoms with van der Waals surface area (Å²) in [6, 6.07) is 7.88. The lowest BCUT2D eigenvalue weighted by Gasteiger charge is -2.29. The summed E-state index contributed by atoms with van der Waals surface area (Å²) in [5.41, 5.74) is 2.02. The number of anilines is 1. The molecule has 0 saturated carbocycles. The van der Waals surface area contributed by atoms with Gasteiger partial charge in [-0.15, -0.1) is 0 Å². The molecule has 2 amide bonds. The fourth-order valence-electron chi connectivity index (χ4n) is 3.06. The van der Waals surface area contributed by atoms with Gasteiger partial charge >= 0.3 is 0 Å². The van der Waals surface area contributed by atoms with E-state index in [0.717, 1.165) is 37.4 Å². The zero-order chi connectivity index (χ0) is 14.8. The second-order valence-corrected chi connectivity index (χ2v) is 5.82. The van der Waals surface area contributed by atoms with Gasteiger partial charge in [-0.1, -0.05) is 12.1 Å². The molecule has 0 spiro atoms. The molecule has 2 aliphatic heterocycles. The first-order valence-electron chi connectivity index (χ1n) is 7.51. The van der Waals surface area contributed by atoms with E-state index in [2.05, 4.69) is 5.32 Å². The van der Waals surface area contributed by atoms with Crippen molar-refractivity contribution in [1.29, 1.82) is 0 Å². The number of nitrogens with zero attached hydrogens (tertiary/aromatic N) is 2. The number of piperazine rings is 1. The van der Waals surface area contributed by atoms with E-state index in [1.54, 1.807) is 4.90 Å². The molecule has 0 aliphatic carbocycles. The van der Waals surface area contributed by atoms with Crippen LogP contribution in [0.4, 0.5) is 5.69 Å². The lowest BCUT2D eigenvalue weighted by atomic mass is 10.1. The van der Waals surface area contributed by atoms with Crippen LogP contribution < -0.4 is 10.2 Å². The first-order valence-corrected chi connectivity index (χ1v) is 7.51. The molecule has 5 heteroatoms. The first kappa shape index (κ1) is 14.1. The average Bonchev–Trinajstić information content (AvgIpc) is 2.89. The summed E-state index contributed by atoms with van der Waals surface area (Å²) in [6.45, 7) is 5.68. The molecule has 1 aromatic rings. The number of hydrogen-bond donors (Lipinski definition) is 1. The highest BCUT2D eigenvalue weighted by Crippen LogP contribution is 2.27. The Hall–Kier alpha value is -1.88. The Balaban J connectivity index is 1.70. The summed E-state index contributed by atoms with van der Waals surface area (Å²) in [7, 11) is 0. The van der Waals surface area contributed by atoms with Crippen LogP contribution in [0.15, 0.2) is 24.3 Å². The molecule has 2 heterocycles. The second kappa shape index (κ2) is 5.85. The van der Waals surface area contributed by atoms with Crippen LogP contribution in [0.2, 0.25) is 0 Å². The smallest absolute Gasteiger partial charge is 0.228 e. The van der Waals surface area contributed by atoms with E-state index in [1.807, 2.05) is 36.1 Å². The number of benzene rings is 1. The Bertz CT molecular complexity index is 552. The Labute approximate surface area is 124 Å². The molecule has 0 bridgehead atoms. The quantitative estimate of drug-likeness (QED) is 0.874. The van der Waals surface area contributed by atoms with Gasteiger partial charge in [-0.3, -0.25) is 9.59 Å². The lowest BCUT2D eigenvalue weighted by Crippen LogP contribution is -2.48. The predicted molar refractivity (Wildman–Crippen MR) is 81.1 cm³/mol. The zero-order valence-electron chi connectivity index (χ0n) is 12.3. The van der Waals surface area contributed by atoms with Gasteiger partial charge in [0.25, 0.3) is 0 Å². The van der Waals surface area contributed by atoms with E-state index in [0.29, 0.717) is 13.0 Å². The summed E-state index contributed by atoms with van der Waals surface area (Å²) >= 11 is 0. The van der Waals surface area contributed by atoms with E-state index < -0.39 is 0 Å². The highest BCUT2D eigenvalue weighted by Gasteiger charge is 2.37. The van der Waals surface area contributed by atoms with Crippen LogP contribution in [0.3, 0.4) is 0 Å². The maximum Gasteiger partial charge on any atom is 0.228 e. The van der Waals surface area contributed by atoms with Crippen molar-refractivity contribution in [2.75, 3.05) is 37.6 Å². The number of nitrogens with one attached hydrogen (secondary N) is 1. The molecule has 2 saturated heterocycles. The lowest BCUT2D eigenvalue weighted by molar-refractivity contribution is -0.136. The maximum atomic E-state index is 12.5. The van der Waals surface area contributed by atoms with Crippen molar-refractivity contribution in [2.24, 2.45) is 5.92 Å². The van der Waals surface area contributed by atoms with Crippen molar-refractivity contribution in [2.45, 2.75) is 13.3 Å². The number of carbonyl (C=O) groups is 2. The van der Waals surface area contributed by atoms with Crippen LogP contribution in [0, 0.1) is 12.8 Å². The topological polar surface area (TPSA) is 52.7 Å². The van der Waals surface area contributed by atoms with Gasteiger partial charge in [0, 0.05) is 44.8 Å². The van der Waals surface area contributed by atoms with E-state index in [1.165, 1.54) is 0 Å². The van der Waals surface area contributed by atoms with Crippen molar-refractivity contribution in [3.8, 4) is 0 Å². The Morgan fingerprint density at radius 2 is 2.05 bits per heavy atom. The van der Waals surface area contributed by atoms with E-state index in [9.17, 15) is 9.59 Å². The first-order chi connectivity index (χ1) is 10.1. The molecule has 3 rings (SSSR count). The van der Waals surface area contributed by atoms with Gasteiger partial charge in [0.1, 0.15) is 0 Å². The third-order valence-electron chi connectivity index (χ3n) is 4.22. The predicted octanol–water partition coefficient (Wildman–Crippen LogP) is 0.780. The summed E-state index contributed by atoms with van der Waals surface area (Å²) in [6.07, 6.45) is 0.330. The Morgan fingerprint density at radius 3 is 2.76 bits per heavy atom. The van der Waals surface area contributed by atoms with Crippen molar-refractivity contribution in [3.05, 3.63) is 29.8 Å². The zero-order valence-corrected chi connectivity index (χ0v) is 12.3. The van der Waals surface area contributed by atoms with Gasteiger partial charge in [-0.05, 0) is 24.6 Å². The minimum Gasteiger partial charge on any atom is -0.340 e. The molecule has 1 unspecified atom stereocenters. The van der Waals surface area contributed by atoms with Gasteiger partial charge in [-0.2, -0.15) is 0 Å². The molecule has 112 valence electrons. The monoisotopic (exact) mass is 287 g/mol. The molecule has 2 aliphatic rings. The average molecular weight is 287 g/mol. The minimum atomic E-state index is -0.198. The van der Waals surface area contributed by atoms with Gasteiger partial charge in [0.2, 0.25) is 11.8 Å². The SMILES string of the molecule is Cc1cccc(N2CC(C(=O)N3CCNCC3)CC2=O)c1. The van der Waals surface area contributed by atoms with E-state index in [4.69, 9.17) is 0 Å². The highest BCUT2D eigenvalue weighted by atomic mass is 16.2. The number of hydrogen-bond acceptors (Lipinski definition) is 3. The van der Waals surface area contributed by atoms with E-state index in [-0.39, 0.29) is 17.7 Å². The van der Waals surface area contributed by atoms with E-state index >= 15 is 0 Å². The van der Waals surface area contributed by atoms with Gasteiger partial charge in [0.15, 0.2) is 0 Å². The van der Waals surface area contributed by atoms with Crippen molar-refractivity contribution in [3.63, 3.8) is 0 Å². The van der Waals surface area contributed by atoms with Gasteiger partial charge in [0.05, 0.1) is 5.92 Å². The Kier molecular flexibility index (Phi) is 3.92. The van der Waals surface area contributed by atoms with Crippen LogP contribution in [0.5, 0.6) is 0 Å². The third kappa shape index (κ3) is 2.93. The third-order valence-corrected chi connectivity index (χ3v) is 4.22. The maximum absolute atomic E-state index is 12.5. The second-order valence-electron chi connectivity index (χ2n) is 5.82. The van der Waals surface area contributed by atoms with Crippen molar-refractivity contribution in [1.82, 2.24) is 10.2 Å². The largest absolute Gasteiger partial charge is 0.340 e. The molecule has 1 atom stereocenters. The van der Waals surface area contributed by atoms with Crippen LogP contribution >= 0.6 is 0 Å². The number of rotatable bonds is 2. The number of aryl methyl sites for hydroxylation is 1. The molecule has 5 nitrogen and oxygen atoms in total. The molecule has 1 N–H and O–H groups in total. The molecule has 0 radical (unpaired) electrons. The Morgan fingerprint density at radius 1 is 1.29 bits per heavy atom. The highest BCUT2D eigenvalue weighted by molar-refractivity contribution is 6.00. The molecule has 1 aromatic carbocycles. The van der Waals surface area contributed by atoms with Gasteiger partial charge in [-0.25, -0.2) is 0 Å². The van der Waals surface area contributed by atoms with Crippen LogP contribution in [0.25, 0.3) is 0 Å². The van der Waals surface area contributed by atoms with Crippen LogP contribution in [0.1, 0.15) is 12.0 Å². The summed E-state index contributed by atoms with van der Waals surface area (Å²) in [4.78, 5) is 28.4. The standard InChI is InChI=1S/C16H21N3O2/c1-12-3-2-4-14(9-12)19-11-13(10-15(19)20)16(21)18-7-5-17-6-8-18/h2-4,9,13,17H,5-8,10-11H2,1H3. The van der Waals surface area contributed by atoms with Crippen LogP contribution in [-0.4, -0.2) is 49.4 Å². The number of carbonyl (C=O) groups excluding carboxylic acids is 2. The van der Waals surface area contributed by atoms with Gasteiger partial charge < -0.3 is 15.1 Å². The summed E-state index contributed by atoms with van der Waals surface area (Å²) in [5, 5.41) is 3.24. The molecule has 2 fully saturated rings. The van der Waals surface area contributed by atoms with Crippen molar-refractivity contribution < 1.29 is 9.59 Å². The molecule has 21 heavy (non-hydrogen) atoms.